The Labute approximate surface area is 292 Å². The number of amides is 9. The van der Waals surface area contributed by atoms with Gasteiger partial charge in [-0.1, -0.05) is 0 Å². The first-order valence-electron chi connectivity index (χ1n) is 15.1. The van der Waals surface area contributed by atoms with Gasteiger partial charge in [-0.25, -0.2) is 0 Å². The number of carbonyl (C=O) groups excluding carboxylic acids is 9. The maximum atomic E-state index is 13.5. The maximum absolute atomic E-state index is 13.5. The van der Waals surface area contributed by atoms with Gasteiger partial charge in [-0.2, -0.15) is 0 Å². The van der Waals surface area contributed by atoms with E-state index in [9.17, 15) is 58.8 Å². The minimum atomic E-state index is -1.46. The Bertz CT molecular complexity index is 1180. The van der Waals surface area contributed by atoms with E-state index in [4.69, 9.17) is 0 Å². The normalized spacial score (nSPS) is 19.6. The third-order valence-electron chi connectivity index (χ3n) is 6.85. The summed E-state index contributed by atoms with van der Waals surface area (Å²) in [6.45, 7) is 0.246. The molecule has 0 saturated carbocycles. The van der Waals surface area contributed by atoms with Gasteiger partial charge >= 0.3 is 17.1 Å². The van der Waals surface area contributed by atoms with Crippen LogP contribution in [0.25, 0.3) is 0 Å². The van der Waals surface area contributed by atoms with E-state index in [1.165, 1.54) is 0 Å². The van der Waals surface area contributed by atoms with Gasteiger partial charge in [0.15, 0.2) is 0 Å². The minimum Gasteiger partial charge on any atom is -0.756 e. The molecule has 21 nitrogen and oxygen atoms in total. The molecule has 1 aliphatic heterocycles. The Morgan fingerprint density at radius 3 is 1.20 bits per heavy atom. The predicted octanol–water partition coefficient (Wildman–Crippen LogP) is -3.82. The zero-order valence-corrected chi connectivity index (χ0v) is 28.4. The quantitative estimate of drug-likeness (QED) is 0.0829. The van der Waals surface area contributed by atoms with Crippen molar-refractivity contribution in [2.45, 2.75) is 77.4 Å². The van der Waals surface area contributed by atoms with Gasteiger partial charge in [-0.3, -0.25) is 43.2 Å². The Kier molecular flexibility index (Phi) is 21.0. The van der Waals surface area contributed by atoms with E-state index in [1.807, 2.05) is 0 Å². The molecular weight excluding hydrogens is 698 g/mol. The molecule has 22 heteroatoms. The third-order valence-corrected chi connectivity index (χ3v) is 6.85. The maximum Gasteiger partial charge on any atom is 3.00 e. The molecule has 9 amide bonds. The summed E-state index contributed by atoms with van der Waals surface area (Å²) in [4.78, 5) is 111. The Balaban J connectivity index is 0.0000230. The number of carbonyl (C=O) groups is 9. The van der Waals surface area contributed by atoms with E-state index in [-0.39, 0.29) is 90.4 Å². The second kappa shape index (κ2) is 23.1. The summed E-state index contributed by atoms with van der Waals surface area (Å²) in [7, 11) is 0. The molecule has 0 aromatic heterocycles. The third kappa shape index (κ3) is 18.1. The van der Waals surface area contributed by atoms with Gasteiger partial charge in [0.05, 0.1) is 19.6 Å². The molecule has 49 heavy (non-hydrogen) atoms. The molecule has 1 heterocycles. The average Bonchev–Trinajstić information content (AvgIpc) is 3.02. The molecule has 0 aromatic carbocycles. The molecule has 1 radical (unpaired) electrons. The molecule has 0 aliphatic carbocycles. The van der Waals surface area contributed by atoms with Gasteiger partial charge in [-0.15, -0.1) is 0 Å². The molecule has 1 rings (SSSR count). The van der Waals surface area contributed by atoms with Crippen molar-refractivity contribution in [3.8, 4) is 0 Å². The zero-order valence-electron chi connectivity index (χ0n) is 27.3. The SMILES string of the molecule is CC(=O)N([O-])CCC[C@@H]1NC(=O)CNC(=O)CNC(=O)CNC(=O)[C@H](CCCN([O-])C(C)=O)NC(=O)[C@H](CCCN([O-])C(C)=O)NC1=O.[Fe+3]. The molecule has 0 spiro atoms. The van der Waals surface area contributed by atoms with Gasteiger partial charge in [0, 0.05) is 40.4 Å². The van der Waals surface area contributed by atoms with Crippen molar-refractivity contribution in [2.75, 3.05) is 39.3 Å². The van der Waals surface area contributed by atoms with Crippen LogP contribution in [0.5, 0.6) is 0 Å². The Morgan fingerprint density at radius 2 is 0.837 bits per heavy atom. The van der Waals surface area contributed by atoms with Crippen LogP contribution in [0.3, 0.4) is 0 Å². The van der Waals surface area contributed by atoms with E-state index >= 15 is 0 Å². The van der Waals surface area contributed by atoms with Crippen LogP contribution in [0, 0.1) is 15.6 Å². The second-order valence-electron chi connectivity index (χ2n) is 10.8. The van der Waals surface area contributed by atoms with Crippen LogP contribution in [-0.2, 0) is 60.2 Å². The van der Waals surface area contributed by atoms with Crippen LogP contribution >= 0.6 is 0 Å². The molecule has 0 bridgehead atoms. The van der Waals surface area contributed by atoms with Gasteiger partial charge in [0.25, 0.3) is 0 Å². The summed E-state index contributed by atoms with van der Waals surface area (Å²) in [5, 5.41) is 49.6. The number of rotatable bonds is 12. The summed E-state index contributed by atoms with van der Waals surface area (Å²) in [6, 6.07) is -4.26. The summed E-state index contributed by atoms with van der Waals surface area (Å²) in [6.07, 6.45) is -0.885. The first-order chi connectivity index (χ1) is 22.5. The fraction of sp³-hybridized carbons (Fsp3) is 0.667. The molecule has 0 aromatic rings. The average molecular weight is 741 g/mol. The van der Waals surface area contributed by atoms with Crippen LogP contribution in [0.4, 0.5) is 0 Å². The van der Waals surface area contributed by atoms with Crippen molar-refractivity contribution in [2.24, 2.45) is 0 Å². The summed E-state index contributed by atoms with van der Waals surface area (Å²) >= 11 is 0. The minimum absolute atomic E-state index is 0. The van der Waals surface area contributed by atoms with E-state index < -0.39 is 90.9 Å². The van der Waals surface area contributed by atoms with Crippen LogP contribution in [0.2, 0.25) is 0 Å². The summed E-state index contributed by atoms with van der Waals surface area (Å²) in [5.74, 6) is -7.58. The van der Waals surface area contributed by atoms with E-state index in [0.29, 0.717) is 0 Å². The van der Waals surface area contributed by atoms with Crippen LogP contribution in [0.15, 0.2) is 0 Å². The van der Waals surface area contributed by atoms with Crippen molar-refractivity contribution in [1.82, 2.24) is 47.1 Å². The number of hydrogen-bond acceptors (Lipinski definition) is 12. The molecule has 1 aliphatic rings. The summed E-state index contributed by atoms with van der Waals surface area (Å²) in [5.41, 5.74) is 0. The molecular formula is C27H42FeN9O12. The first-order valence-corrected chi connectivity index (χ1v) is 15.1. The largest absolute Gasteiger partial charge is 3.00 e. The molecule has 6 N–H and O–H groups in total. The van der Waals surface area contributed by atoms with Gasteiger partial charge in [0.1, 0.15) is 18.1 Å². The molecule has 1 fully saturated rings. The second-order valence-corrected chi connectivity index (χ2v) is 10.8. The molecule has 1 saturated heterocycles. The van der Waals surface area contributed by atoms with E-state index in [0.717, 1.165) is 20.8 Å². The van der Waals surface area contributed by atoms with Crippen molar-refractivity contribution in [3.05, 3.63) is 15.6 Å². The number of nitrogens with one attached hydrogen (secondary N) is 6. The van der Waals surface area contributed by atoms with Gasteiger partial charge in [0.2, 0.25) is 53.2 Å². The number of hydroxylamine groups is 6. The standard InChI is InChI=1S/C27H42N9O12.Fe/c1-16(37)34(46)10-4-7-19-25(43)30-14-23(41)28-13-22(40)29-15-24(42)31-20(8-5-11-35(47)17(2)38)26(44)33-21(27(45)32-19)9-6-12-36(48)18(3)39;/h19-21H,4-15H2,1-3H3,(H,28,41)(H,29,40)(H,30,43)(H,31,42)(H,32,45)(H,33,44);/q-3;+3/t19-,20-,21-;/m0./s1. The zero-order chi connectivity index (χ0) is 36.4. The predicted molar refractivity (Wildman–Crippen MR) is 165 cm³/mol. The van der Waals surface area contributed by atoms with Crippen LogP contribution < -0.4 is 31.9 Å². The monoisotopic (exact) mass is 740 g/mol. The molecule has 0 unspecified atom stereocenters. The Morgan fingerprint density at radius 1 is 0.531 bits per heavy atom. The number of hydrogen-bond donors (Lipinski definition) is 6. The fourth-order valence-corrected chi connectivity index (χ4v) is 4.16. The van der Waals surface area contributed by atoms with Crippen molar-refractivity contribution in [1.29, 1.82) is 0 Å². The number of nitrogens with zero attached hydrogens (tertiary/aromatic N) is 3. The smallest absolute Gasteiger partial charge is 0.756 e. The van der Waals surface area contributed by atoms with Crippen molar-refractivity contribution < 1.29 is 60.2 Å². The van der Waals surface area contributed by atoms with E-state index in [1.54, 1.807) is 0 Å². The topological polar surface area (TPSA) is 305 Å². The summed E-state index contributed by atoms with van der Waals surface area (Å²) < 4.78 is 0. The molecule has 275 valence electrons. The van der Waals surface area contributed by atoms with E-state index in [2.05, 4.69) is 31.9 Å². The first kappa shape index (κ1) is 44.6. The Hall–Kier alpha value is -4.37. The molecule has 3 atom stereocenters. The fourth-order valence-electron chi connectivity index (χ4n) is 4.16. The van der Waals surface area contributed by atoms with Gasteiger partial charge in [-0.05, 0) is 38.5 Å². The van der Waals surface area contributed by atoms with Crippen LogP contribution in [-0.4, -0.2) is 126 Å². The van der Waals surface area contributed by atoms with Crippen LogP contribution in [0.1, 0.15) is 59.3 Å². The van der Waals surface area contributed by atoms with Crippen molar-refractivity contribution >= 4 is 53.2 Å². The van der Waals surface area contributed by atoms with Crippen molar-refractivity contribution in [3.63, 3.8) is 0 Å². The van der Waals surface area contributed by atoms with Gasteiger partial charge < -0.3 is 62.7 Å².